The van der Waals surface area contributed by atoms with Crippen LogP contribution in [0.4, 0.5) is 0 Å². The highest BCUT2D eigenvalue weighted by Crippen LogP contribution is 2.42. The monoisotopic (exact) mass is 353 g/mol. The van der Waals surface area contributed by atoms with Crippen molar-refractivity contribution in [2.75, 3.05) is 19.7 Å². The van der Waals surface area contributed by atoms with Crippen molar-refractivity contribution in [2.24, 2.45) is 11.8 Å². The summed E-state index contributed by atoms with van der Waals surface area (Å²) in [5.74, 6) is 1.06. The number of ether oxygens (including phenoxy) is 1. The number of aliphatic carboxylic acids is 1. The SMILES string of the molecule is O=C(O)C1C2CCCC2CN1CCOc1ccc(Br)cc1. The number of fused-ring (bicyclic) bond motifs is 1. The lowest BCUT2D eigenvalue weighted by Crippen LogP contribution is -2.41. The van der Waals surface area contributed by atoms with E-state index in [9.17, 15) is 9.90 Å². The normalized spacial score (nSPS) is 28.5. The van der Waals surface area contributed by atoms with Gasteiger partial charge in [0.05, 0.1) is 0 Å². The Kier molecular flexibility index (Phi) is 4.50. The van der Waals surface area contributed by atoms with Gasteiger partial charge in [0, 0.05) is 17.6 Å². The Morgan fingerprint density at radius 1 is 1.33 bits per heavy atom. The fourth-order valence-corrected chi connectivity index (χ4v) is 4.04. The fourth-order valence-electron chi connectivity index (χ4n) is 3.77. The summed E-state index contributed by atoms with van der Waals surface area (Å²) in [6.45, 7) is 2.12. The molecule has 1 saturated heterocycles. The number of hydrogen-bond acceptors (Lipinski definition) is 3. The van der Waals surface area contributed by atoms with Gasteiger partial charge in [-0.3, -0.25) is 9.69 Å². The second kappa shape index (κ2) is 6.36. The summed E-state index contributed by atoms with van der Waals surface area (Å²) >= 11 is 3.39. The van der Waals surface area contributed by atoms with Crippen LogP contribution in [-0.2, 0) is 4.79 Å². The summed E-state index contributed by atoms with van der Waals surface area (Å²) in [6, 6.07) is 7.39. The zero-order valence-corrected chi connectivity index (χ0v) is 13.5. The maximum absolute atomic E-state index is 11.5. The molecule has 0 bridgehead atoms. The van der Waals surface area contributed by atoms with Crippen molar-refractivity contribution in [1.82, 2.24) is 4.90 Å². The molecule has 1 saturated carbocycles. The molecule has 21 heavy (non-hydrogen) atoms. The van der Waals surface area contributed by atoms with Gasteiger partial charge in [0.2, 0.25) is 0 Å². The van der Waals surface area contributed by atoms with Gasteiger partial charge in [-0.15, -0.1) is 0 Å². The molecule has 1 N–H and O–H groups in total. The van der Waals surface area contributed by atoms with Crippen molar-refractivity contribution in [3.8, 4) is 5.75 Å². The van der Waals surface area contributed by atoms with Crippen LogP contribution in [0.25, 0.3) is 0 Å². The van der Waals surface area contributed by atoms with Gasteiger partial charge in [-0.25, -0.2) is 0 Å². The maximum Gasteiger partial charge on any atom is 0.321 e. The number of nitrogens with zero attached hydrogens (tertiary/aromatic N) is 1. The zero-order chi connectivity index (χ0) is 14.8. The van der Waals surface area contributed by atoms with Gasteiger partial charge < -0.3 is 9.84 Å². The summed E-state index contributed by atoms with van der Waals surface area (Å²) in [6.07, 6.45) is 3.42. The van der Waals surface area contributed by atoms with Gasteiger partial charge in [-0.1, -0.05) is 22.4 Å². The van der Waals surface area contributed by atoms with Crippen LogP contribution in [0.2, 0.25) is 0 Å². The average Bonchev–Trinajstić information content (AvgIpc) is 3.00. The Labute approximate surface area is 133 Å². The molecule has 5 heteroatoms. The fraction of sp³-hybridized carbons (Fsp3) is 0.562. The summed E-state index contributed by atoms with van der Waals surface area (Å²) in [5, 5.41) is 9.49. The standard InChI is InChI=1S/C16H20BrNO3/c17-12-4-6-13(7-5-12)21-9-8-18-10-11-2-1-3-14(11)15(18)16(19)20/h4-7,11,14-15H,1-3,8-10H2,(H,19,20). The zero-order valence-electron chi connectivity index (χ0n) is 11.9. The van der Waals surface area contributed by atoms with E-state index in [2.05, 4.69) is 20.8 Å². The lowest BCUT2D eigenvalue weighted by Gasteiger charge is -2.24. The molecule has 4 nitrogen and oxygen atoms in total. The van der Waals surface area contributed by atoms with Crippen LogP contribution in [0.3, 0.4) is 0 Å². The van der Waals surface area contributed by atoms with Crippen molar-refractivity contribution >= 4 is 21.9 Å². The predicted octanol–water partition coefficient (Wildman–Crippen LogP) is 3.01. The molecule has 0 amide bonds. The number of benzene rings is 1. The van der Waals surface area contributed by atoms with Crippen molar-refractivity contribution in [3.63, 3.8) is 0 Å². The number of halogens is 1. The minimum atomic E-state index is -0.673. The van der Waals surface area contributed by atoms with Gasteiger partial charge in [0.1, 0.15) is 18.4 Å². The highest BCUT2D eigenvalue weighted by atomic mass is 79.9. The number of carboxylic acid groups (broad SMARTS) is 1. The molecule has 2 aliphatic rings. The highest BCUT2D eigenvalue weighted by molar-refractivity contribution is 9.10. The van der Waals surface area contributed by atoms with E-state index in [1.165, 1.54) is 12.8 Å². The molecule has 1 aromatic rings. The van der Waals surface area contributed by atoms with Gasteiger partial charge in [0.15, 0.2) is 0 Å². The van der Waals surface area contributed by atoms with Crippen molar-refractivity contribution in [1.29, 1.82) is 0 Å². The second-order valence-electron chi connectivity index (χ2n) is 5.94. The van der Waals surface area contributed by atoms with Crippen LogP contribution >= 0.6 is 15.9 Å². The molecule has 1 aliphatic heterocycles. The lowest BCUT2D eigenvalue weighted by atomic mass is 9.94. The first kappa shape index (κ1) is 14.9. The van der Waals surface area contributed by atoms with E-state index in [0.717, 1.165) is 23.2 Å². The molecule has 3 rings (SSSR count). The molecule has 0 aromatic heterocycles. The van der Waals surface area contributed by atoms with Crippen molar-refractivity contribution in [3.05, 3.63) is 28.7 Å². The molecule has 1 aliphatic carbocycles. The first-order chi connectivity index (χ1) is 10.1. The van der Waals surface area contributed by atoms with Gasteiger partial charge in [-0.2, -0.15) is 0 Å². The van der Waals surface area contributed by atoms with Gasteiger partial charge in [-0.05, 0) is 48.9 Å². The Bertz CT molecular complexity index is 505. The van der Waals surface area contributed by atoms with Crippen LogP contribution in [0.1, 0.15) is 19.3 Å². The third-order valence-corrected chi connectivity index (χ3v) is 5.23. The van der Waals surface area contributed by atoms with Crippen LogP contribution in [-0.4, -0.2) is 41.7 Å². The van der Waals surface area contributed by atoms with E-state index >= 15 is 0 Å². The maximum atomic E-state index is 11.5. The van der Waals surface area contributed by atoms with Crippen LogP contribution in [0.5, 0.6) is 5.75 Å². The number of rotatable bonds is 5. The summed E-state index contributed by atoms with van der Waals surface area (Å²) in [5.41, 5.74) is 0. The first-order valence-electron chi connectivity index (χ1n) is 7.50. The molecule has 0 radical (unpaired) electrons. The molecule has 3 atom stereocenters. The van der Waals surface area contributed by atoms with Gasteiger partial charge in [0.25, 0.3) is 0 Å². The van der Waals surface area contributed by atoms with Crippen molar-refractivity contribution in [2.45, 2.75) is 25.3 Å². The Morgan fingerprint density at radius 2 is 2.10 bits per heavy atom. The molecule has 1 heterocycles. The van der Waals surface area contributed by atoms with E-state index in [1.54, 1.807) is 0 Å². The number of likely N-dealkylation sites (tertiary alicyclic amines) is 1. The Hall–Kier alpha value is -1.07. The van der Waals surface area contributed by atoms with E-state index in [-0.39, 0.29) is 6.04 Å². The Balaban J connectivity index is 1.54. The molecule has 1 aromatic carbocycles. The van der Waals surface area contributed by atoms with E-state index in [4.69, 9.17) is 4.74 Å². The molecule has 114 valence electrons. The second-order valence-corrected chi connectivity index (χ2v) is 6.85. The van der Waals surface area contributed by atoms with Crippen LogP contribution < -0.4 is 4.74 Å². The molecule has 0 spiro atoms. The molecular formula is C16H20BrNO3. The minimum Gasteiger partial charge on any atom is -0.492 e. The van der Waals surface area contributed by atoms with E-state index in [1.807, 2.05) is 24.3 Å². The van der Waals surface area contributed by atoms with E-state index in [0.29, 0.717) is 25.0 Å². The number of hydrogen-bond donors (Lipinski definition) is 1. The summed E-state index contributed by atoms with van der Waals surface area (Å²) in [4.78, 5) is 13.6. The summed E-state index contributed by atoms with van der Waals surface area (Å²) < 4.78 is 6.74. The van der Waals surface area contributed by atoms with Crippen molar-refractivity contribution < 1.29 is 14.6 Å². The van der Waals surface area contributed by atoms with Gasteiger partial charge >= 0.3 is 5.97 Å². The summed E-state index contributed by atoms with van der Waals surface area (Å²) in [7, 11) is 0. The lowest BCUT2D eigenvalue weighted by molar-refractivity contribution is -0.143. The van der Waals surface area contributed by atoms with E-state index < -0.39 is 5.97 Å². The topological polar surface area (TPSA) is 49.8 Å². The Morgan fingerprint density at radius 3 is 2.81 bits per heavy atom. The molecular weight excluding hydrogens is 334 g/mol. The third kappa shape index (κ3) is 3.24. The highest BCUT2D eigenvalue weighted by Gasteiger charge is 2.47. The number of carboxylic acids is 1. The largest absolute Gasteiger partial charge is 0.492 e. The smallest absolute Gasteiger partial charge is 0.321 e. The quantitative estimate of drug-likeness (QED) is 0.883. The predicted molar refractivity (Wildman–Crippen MR) is 83.5 cm³/mol. The third-order valence-electron chi connectivity index (χ3n) is 4.70. The molecule has 2 fully saturated rings. The number of carbonyl (C=O) groups is 1. The van der Waals surface area contributed by atoms with Crippen LogP contribution in [0.15, 0.2) is 28.7 Å². The first-order valence-corrected chi connectivity index (χ1v) is 8.29. The molecule has 3 unspecified atom stereocenters. The average molecular weight is 354 g/mol. The van der Waals surface area contributed by atoms with Crippen LogP contribution in [0, 0.1) is 11.8 Å². The minimum absolute atomic E-state index is 0.314.